The fourth-order valence-electron chi connectivity index (χ4n) is 2.04. The maximum Gasteiger partial charge on any atom is 0.123 e. The molecule has 0 spiro atoms. The summed E-state index contributed by atoms with van der Waals surface area (Å²) in [6.07, 6.45) is 1.05. The summed E-state index contributed by atoms with van der Waals surface area (Å²) in [6, 6.07) is 6.64. The molecule has 0 saturated carbocycles. The van der Waals surface area contributed by atoms with Gasteiger partial charge >= 0.3 is 0 Å². The van der Waals surface area contributed by atoms with Crippen LogP contribution in [0, 0.1) is 0 Å². The van der Waals surface area contributed by atoms with Crippen LogP contribution in [0.3, 0.4) is 0 Å². The van der Waals surface area contributed by atoms with Gasteiger partial charge in [-0.05, 0) is 18.1 Å². The van der Waals surface area contributed by atoms with Gasteiger partial charge in [-0.15, -0.1) is 0 Å². The zero-order chi connectivity index (χ0) is 11.4. The van der Waals surface area contributed by atoms with E-state index in [1.165, 1.54) is 11.1 Å². The lowest BCUT2D eigenvalue weighted by Gasteiger charge is -2.26. The molecular weight excluding hydrogens is 202 g/mol. The Morgan fingerprint density at radius 3 is 3.00 bits per heavy atom. The van der Waals surface area contributed by atoms with E-state index in [1.807, 2.05) is 6.07 Å². The minimum Gasteiger partial charge on any atom is -0.496 e. The Morgan fingerprint density at radius 1 is 1.50 bits per heavy atom. The molecule has 1 fully saturated rings. The average Bonchev–Trinajstić information content (AvgIpc) is 2.39. The van der Waals surface area contributed by atoms with Gasteiger partial charge in [-0.25, -0.2) is 0 Å². The van der Waals surface area contributed by atoms with Gasteiger partial charge in [0.1, 0.15) is 5.75 Å². The van der Waals surface area contributed by atoms with Crippen molar-refractivity contribution < 1.29 is 9.47 Å². The van der Waals surface area contributed by atoms with Gasteiger partial charge in [-0.1, -0.05) is 19.1 Å². The highest BCUT2D eigenvalue weighted by Gasteiger charge is 2.19. The molecule has 1 heterocycles. The first-order chi connectivity index (χ1) is 7.85. The molecule has 2 rings (SSSR count). The van der Waals surface area contributed by atoms with Gasteiger partial charge in [0.05, 0.1) is 26.4 Å². The molecule has 3 heteroatoms. The zero-order valence-electron chi connectivity index (χ0n) is 9.95. The summed E-state index contributed by atoms with van der Waals surface area (Å²) >= 11 is 0. The lowest BCUT2D eigenvalue weighted by atomic mass is 10.0. The van der Waals surface area contributed by atoms with E-state index in [0.717, 1.165) is 31.9 Å². The lowest BCUT2D eigenvalue weighted by molar-refractivity contribution is 0.0760. The highest BCUT2D eigenvalue weighted by molar-refractivity contribution is 5.39. The first-order valence-electron chi connectivity index (χ1n) is 5.83. The second kappa shape index (κ2) is 5.32. The number of morpholine rings is 1. The average molecular weight is 221 g/mol. The molecule has 1 atom stereocenters. The van der Waals surface area contributed by atoms with Gasteiger partial charge in [-0.2, -0.15) is 0 Å². The van der Waals surface area contributed by atoms with Crippen molar-refractivity contribution in [1.82, 2.24) is 5.32 Å². The van der Waals surface area contributed by atoms with Gasteiger partial charge in [0, 0.05) is 12.1 Å². The van der Waals surface area contributed by atoms with E-state index in [0.29, 0.717) is 0 Å². The van der Waals surface area contributed by atoms with E-state index in [-0.39, 0.29) is 6.04 Å². The van der Waals surface area contributed by atoms with Gasteiger partial charge in [0.2, 0.25) is 0 Å². The number of nitrogens with one attached hydrogen (secondary N) is 1. The summed E-state index contributed by atoms with van der Waals surface area (Å²) in [5.74, 6) is 0.945. The zero-order valence-corrected chi connectivity index (χ0v) is 9.95. The minimum absolute atomic E-state index is 0.259. The maximum absolute atomic E-state index is 5.49. The van der Waals surface area contributed by atoms with Crippen molar-refractivity contribution in [2.24, 2.45) is 0 Å². The van der Waals surface area contributed by atoms with Crippen molar-refractivity contribution in [2.45, 2.75) is 19.4 Å². The van der Waals surface area contributed by atoms with Gasteiger partial charge < -0.3 is 14.8 Å². The van der Waals surface area contributed by atoms with Gasteiger partial charge in [0.25, 0.3) is 0 Å². The van der Waals surface area contributed by atoms with Crippen LogP contribution < -0.4 is 10.1 Å². The molecule has 1 aliphatic rings. The molecule has 0 aliphatic carbocycles. The van der Waals surface area contributed by atoms with Crippen LogP contribution in [-0.4, -0.2) is 26.9 Å². The number of ether oxygens (including phenoxy) is 2. The fraction of sp³-hybridized carbons (Fsp3) is 0.538. The summed E-state index contributed by atoms with van der Waals surface area (Å²) in [7, 11) is 1.72. The summed E-state index contributed by atoms with van der Waals surface area (Å²) in [6.45, 7) is 4.59. The van der Waals surface area contributed by atoms with E-state index in [9.17, 15) is 0 Å². The predicted octanol–water partition coefficient (Wildman–Crippen LogP) is 1.92. The third kappa shape index (κ3) is 2.36. The number of benzene rings is 1. The Balaban J connectivity index is 2.27. The first-order valence-corrected chi connectivity index (χ1v) is 5.83. The van der Waals surface area contributed by atoms with E-state index in [4.69, 9.17) is 9.47 Å². The monoisotopic (exact) mass is 221 g/mol. The molecule has 16 heavy (non-hydrogen) atoms. The largest absolute Gasteiger partial charge is 0.496 e. The summed E-state index contributed by atoms with van der Waals surface area (Å²) in [4.78, 5) is 0. The first kappa shape index (κ1) is 11.4. The molecule has 1 aliphatic heterocycles. The SMILES string of the molecule is CCc1ccc(OC)c(C2COCCN2)c1. The number of hydrogen-bond donors (Lipinski definition) is 1. The molecule has 1 aromatic rings. The van der Waals surface area contributed by atoms with Crippen molar-refractivity contribution in [3.05, 3.63) is 29.3 Å². The Bertz CT molecular complexity index is 346. The Hall–Kier alpha value is -1.06. The van der Waals surface area contributed by atoms with Crippen LogP contribution in [0.15, 0.2) is 18.2 Å². The van der Waals surface area contributed by atoms with Crippen molar-refractivity contribution in [2.75, 3.05) is 26.9 Å². The standard InChI is InChI=1S/C13H19NO2/c1-3-10-4-5-13(15-2)11(8-10)12-9-16-7-6-14-12/h4-5,8,12,14H,3,6-7,9H2,1-2H3. The molecular formula is C13H19NO2. The normalized spacial score (nSPS) is 20.8. The van der Waals surface area contributed by atoms with Crippen molar-refractivity contribution >= 4 is 0 Å². The molecule has 0 radical (unpaired) electrons. The van der Waals surface area contributed by atoms with Crippen molar-refractivity contribution in [3.8, 4) is 5.75 Å². The van der Waals surface area contributed by atoms with Crippen LogP contribution in [0.5, 0.6) is 5.75 Å². The molecule has 3 nitrogen and oxygen atoms in total. The molecule has 1 aromatic carbocycles. The third-order valence-electron chi connectivity index (χ3n) is 3.00. The van der Waals surface area contributed by atoms with Crippen molar-refractivity contribution in [3.63, 3.8) is 0 Å². The smallest absolute Gasteiger partial charge is 0.123 e. The van der Waals surface area contributed by atoms with Crippen LogP contribution >= 0.6 is 0 Å². The number of hydrogen-bond acceptors (Lipinski definition) is 3. The van der Waals surface area contributed by atoms with E-state index in [1.54, 1.807) is 7.11 Å². The van der Waals surface area contributed by atoms with Crippen LogP contribution in [0.4, 0.5) is 0 Å². The topological polar surface area (TPSA) is 30.5 Å². The van der Waals surface area contributed by atoms with Crippen LogP contribution in [0.2, 0.25) is 0 Å². The summed E-state index contributed by atoms with van der Waals surface area (Å²) in [5, 5.41) is 3.46. The van der Waals surface area contributed by atoms with Gasteiger partial charge in [-0.3, -0.25) is 0 Å². The number of methoxy groups -OCH3 is 1. The predicted molar refractivity (Wildman–Crippen MR) is 63.9 cm³/mol. The molecule has 88 valence electrons. The van der Waals surface area contributed by atoms with E-state index >= 15 is 0 Å². The van der Waals surface area contributed by atoms with Crippen LogP contribution in [-0.2, 0) is 11.2 Å². The minimum atomic E-state index is 0.259. The second-order valence-electron chi connectivity index (χ2n) is 4.01. The fourth-order valence-corrected chi connectivity index (χ4v) is 2.04. The molecule has 0 bridgehead atoms. The Kier molecular flexibility index (Phi) is 3.80. The highest BCUT2D eigenvalue weighted by atomic mass is 16.5. The second-order valence-corrected chi connectivity index (χ2v) is 4.01. The van der Waals surface area contributed by atoms with Crippen LogP contribution in [0.25, 0.3) is 0 Å². The molecule has 1 N–H and O–H groups in total. The van der Waals surface area contributed by atoms with Crippen LogP contribution in [0.1, 0.15) is 24.1 Å². The molecule has 1 saturated heterocycles. The van der Waals surface area contributed by atoms with Crippen molar-refractivity contribution in [1.29, 1.82) is 0 Å². The number of aryl methyl sites for hydroxylation is 1. The maximum atomic E-state index is 5.49. The van der Waals surface area contributed by atoms with E-state index < -0.39 is 0 Å². The lowest BCUT2D eigenvalue weighted by Crippen LogP contribution is -2.34. The Morgan fingerprint density at radius 2 is 2.38 bits per heavy atom. The summed E-state index contributed by atoms with van der Waals surface area (Å²) < 4.78 is 10.9. The van der Waals surface area contributed by atoms with E-state index in [2.05, 4.69) is 24.4 Å². The third-order valence-corrected chi connectivity index (χ3v) is 3.00. The molecule has 1 unspecified atom stereocenters. The summed E-state index contributed by atoms with van der Waals surface area (Å²) in [5.41, 5.74) is 2.55. The quantitative estimate of drug-likeness (QED) is 0.846. The van der Waals surface area contributed by atoms with Gasteiger partial charge in [0.15, 0.2) is 0 Å². The highest BCUT2D eigenvalue weighted by Crippen LogP contribution is 2.27. The Labute approximate surface area is 96.8 Å². The molecule has 0 amide bonds. The molecule has 0 aromatic heterocycles. The number of rotatable bonds is 3.